The van der Waals surface area contributed by atoms with Crippen molar-refractivity contribution >= 4 is 23.5 Å². The van der Waals surface area contributed by atoms with Crippen LogP contribution in [0, 0.1) is 17.6 Å². The van der Waals surface area contributed by atoms with Gasteiger partial charge in [-0.15, -0.1) is 0 Å². The Bertz CT molecular complexity index is 706. The summed E-state index contributed by atoms with van der Waals surface area (Å²) in [7, 11) is 0. The van der Waals surface area contributed by atoms with Crippen molar-refractivity contribution in [1.29, 1.82) is 0 Å². The summed E-state index contributed by atoms with van der Waals surface area (Å²) in [4.78, 5) is 38.5. The Morgan fingerprint density at radius 3 is 2.48 bits per heavy atom. The largest absolute Gasteiger partial charge is 0.479 e. The van der Waals surface area contributed by atoms with Crippen LogP contribution in [-0.2, 0) is 19.1 Å². The highest BCUT2D eigenvalue weighted by Crippen LogP contribution is 2.28. The number of anilines is 1. The second-order valence-corrected chi connectivity index (χ2v) is 5.94. The average molecular weight is 354 g/mol. The monoisotopic (exact) mass is 354 g/mol. The van der Waals surface area contributed by atoms with Crippen LogP contribution in [0.5, 0.6) is 0 Å². The number of carboxylic acid groups (broad SMARTS) is 1. The fourth-order valence-corrected chi connectivity index (χ4v) is 3.08. The summed E-state index contributed by atoms with van der Waals surface area (Å²) in [6.45, 7) is 0.292. The normalized spacial score (nSPS) is 23.8. The zero-order chi connectivity index (χ0) is 18.1. The second-order valence-electron chi connectivity index (χ2n) is 5.94. The fraction of sp³-hybridized carbons (Fsp3) is 0.438. The molecule has 0 bridgehead atoms. The molecule has 9 heteroatoms. The molecule has 1 aromatic rings. The van der Waals surface area contributed by atoms with Crippen molar-refractivity contribution in [3.63, 3.8) is 0 Å². The molecular weight excluding hydrogens is 338 g/mol. The number of ether oxygens (including phenoxy) is 1. The summed E-state index contributed by atoms with van der Waals surface area (Å²) in [6.07, 6.45) is -0.923. The van der Waals surface area contributed by atoms with Crippen molar-refractivity contribution in [3.05, 3.63) is 29.8 Å². The summed E-state index contributed by atoms with van der Waals surface area (Å²) in [6, 6.07) is 2.76. The molecular formula is C16H16F2N2O5. The standard InChI is InChI=1S/C16H16F2N2O5/c17-9-5-10(18)7-11(6-9)20-2-1-12(15(20)22)14(21)19-3-4-25-13(8-19)16(23)24/h5-7,12-13H,1-4,8H2,(H,23,24)/t12-,13-/m0/s1. The lowest BCUT2D eigenvalue weighted by Crippen LogP contribution is -2.51. The van der Waals surface area contributed by atoms with Crippen molar-refractivity contribution in [2.45, 2.75) is 12.5 Å². The third-order valence-corrected chi connectivity index (χ3v) is 4.32. The summed E-state index contributed by atoms with van der Waals surface area (Å²) in [5.41, 5.74) is 0.0585. The predicted octanol–water partition coefficient (Wildman–Crippen LogP) is 0.630. The topological polar surface area (TPSA) is 87.2 Å². The number of halogens is 2. The number of amides is 2. The number of carbonyl (C=O) groups excluding carboxylic acids is 2. The number of benzene rings is 1. The molecule has 2 aliphatic heterocycles. The Kier molecular flexibility index (Phi) is 4.67. The molecule has 2 saturated heterocycles. The minimum absolute atomic E-state index is 0.0585. The molecule has 1 N–H and O–H groups in total. The van der Waals surface area contributed by atoms with Crippen LogP contribution < -0.4 is 4.90 Å². The lowest BCUT2D eigenvalue weighted by atomic mass is 10.1. The summed E-state index contributed by atoms with van der Waals surface area (Å²) >= 11 is 0. The SMILES string of the molecule is O=C(O)[C@@H]1CN(C(=O)[C@@H]2CCN(c3cc(F)cc(F)c3)C2=O)CCO1. The molecule has 0 spiro atoms. The van der Waals surface area contributed by atoms with Crippen molar-refractivity contribution in [3.8, 4) is 0 Å². The molecule has 0 saturated carbocycles. The van der Waals surface area contributed by atoms with Gasteiger partial charge < -0.3 is 19.6 Å². The minimum atomic E-state index is -1.17. The molecule has 0 aromatic heterocycles. The van der Waals surface area contributed by atoms with Gasteiger partial charge in [0.25, 0.3) is 0 Å². The van der Waals surface area contributed by atoms with Crippen molar-refractivity contribution in [2.75, 3.05) is 31.1 Å². The number of morpholine rings is 1. The first-order valence-corrected chi connectivity index (χ1v) is 7.77. The quantitative estimate of drug-likeness (QED) is 0.805. The fourth-order valence-electron chi connectivity index (χ4n) is 3.08. The van der Waals surface area contributed by atoms with E-state index in [1.165, 1.54) is 9.80 Å². The lowest BCUT2D eigenvalue weighted by molar-refractivity contribution is -0.160. The van der Waals surface area contributed by atoms with E-state index in [0.29, 0.717) is 6.07 Å². The molecule has 2 fully saturated rings. The van der Waals surface area contributed by atoms with Gasteiger partial charge in [-0.1, -0.05) is 0 Å². The predicted molar refractivity (Wildman–Crippen MR) is 80.8 cm³/mol. The molecule has 0 unspecified atom stereocenters. The summed E-state index contributed by atoms with van der Waals surface area (Å²) < 4.78 is 31.8. The van der Waals surface area contributed by atoms with Crippen molar-refractivity contribution in [2.24, 2.45) is 5.92 Å². The molecule has 7 nitrogen and oxygen atoms in total. The van der Waals surface area contributed by atoms with E-state index in [1.807, 2.05) is 0 Å². The molecule has 25 heavy (non-hydrogen) atoms. The number of hydrogen-bond donors (Lipinski definition) is 1. The molecule has 134 valence electrons. The number of carbonyl (C=O) groups is 3. The highest BCUT2D eigenvalue weighted by Gasteiger charge is 2.41. The van der Waals surface area contributed by atoms with E-state index < -0.39 is 41.4 Å². The van der Waals surface area contributed by atoms with Gasteiger partial charge in [-0.25, -0.2) is 13.6 Å². The van der Waals surface area contributed by atoms with E-state index in [-0.39, 0.29) is 38.3 Å². The van der Waals surface area contributed by atoms with Crippen LogP contribution in [0.1, 0.15) is 6.42 Å². The van der Waals surface area contributed by atoms with E-state index in [0.717, 1.165) is 12.1 Å². The summed E-state index contributed by atoms with van der Waals surface area (Å²) in [5, 5.41) is 8.99. The van der Waals surface area contributed by atoms with Crippen LogP contribution in [-0.4, -0.2) is 60.1 Å². The zero-order valence-electron chi connectivity index (χ0n) is 13.2. The minimum Gasteiger partial charge on any atom is -0.479 e. The van der Waals surface area contributed by atoms with Crippen LogP contribution in [0.2, 0.25) is 0 Å². The number of rotatable bonds is 3. The van der Waals surface area contributed by atoms with Gasteiger partial charge in [0.1, 0.15) is 17.6 Å². The molecule has 0 radical (unpaired) electrons. The van der Waals surface area contributed by atoms with Crippen molar-refractivity contribution < 1.29 is 33.0 Å². The van der Waals surface area contributed by atoms with Crippen molar-refractivity contribution in [1.82, 2.24) is 4.90 Å². The Morgan fingerprint density at radius 1 is 1.16 bits per heavy atom. The Morgan fingerprint density at radius 2 is 1.84 bits per heavy atom. The number of aliphatic carboxylic acids is 1. The Balaban J connectivity index is 1.73. The van der Waals surface area contributed by atoms with Crippen LogP contribution >= 0.6 is 0 Å². The maximum atomic E-state index is 13.4. The highest BCUT2D eigenvalue weighted by atomic mass is 19.1. The number of hydrogen-bond acceptors (Lipinski definition) is 4. The molecule has 3 rings (SSSR count). The molecule has 0 aliphatic carbocycles. The smallest absolute Gasteiger partial charge is 0.334 e. The van der Waals surface area contributed by atoms with Gasteiger partial charge >= 0.3 is 5.97 Å². The maximum absolute atomic E-state index is 13.4. The number of carboxylic acids is 1. The Hall–Kier alpha value is -2.55. The first-order valence-electron chi connectivity index (χ1n) is 7.77. The number of nitrogens with zero attached hydrogens (tertiary/aromatic N) is 2. The van der Waals surface area contributed by atoms with Gasteiger partial charge in [0.15, 0.2) is 6.10 Å². The second kappa shape index (κ2) is 6.75. The van der Waals surface area contributed by atoms with Crippen LogP contribution in [0.4, 0.5) is 14.5 Å². The van der Waals surface area contributed by atoms with E-state index in [4.69, 9.17) is 9.84 Å². The third-order valence-electron chi connectivity index (χ3n) is 4.32. The Labute approximate surface area is 141 Å². The molecule has 2 amide bonds. The lowest BCUT2D eigenvalue weighted by Gasteiger charge is -2.32. The first-order chi connectivity index (χ1) is 11.9. The molecule has 1 aromatic carbocycles. The van der Waals surface area contributed by atoms with Crippen LogP contribution in [0.3, 0.4) is 0 Å². The van der Waals surface area contributed by atoms with E-state index in [1.54, 1.807) is 0 Å². The van der Waals surface area contributed by atoms with E-state index >= 15 is 0 Å². The zero-order valence-corrected chi connectivity index (χ0v) is 13.2. The molecule has 2 aliphatic rings. The van der Waals surface area contributed by atoms with Gasteiger partial charge in [0.2, 0.25) is 11.8 Å². The van der Waals surface area contributed by atoms with Gasteiger partial charge in [-0.2, -0.15) is 0 Å². The van der Waals surface area contributed by atoms with Gasteiger partial charge in [0, 0.05) is 24.8 Å². The third kappa shape index (κ3) is 3.46. The summed E-state index contributed by atoms with van der Waals surface area (Å²) in [5.74, 6) is -4.82. The highest BCUT2D eigenvalue weighted by molar-refractivity contribution is 6.09. The average Bonchev–Trinajstić information content (AvgIpc) is 2.95. The van der Waals surface area contributed by atoms with Crippen LogP contribution in [0.15, 0.2) is 18.2 Å². The van der Waals surface area contributed by atoms with Crippen LogP contribution in [0.25, 0.3) is 0 Å². The van der Waals surface area contributed by atoms with Gasteiger partial charge in [0.05, 0.1) is 13.2 Å². The van der Waals surface area contributed by atoms with E-state index in [2.05, 4.69) is 0 Å². The molecule has 2 atom stereocenters. The molecule has 2 heterocycles. The maximum Gasteiger partial charge on any atom is 0.334 e. The first kappa shape index (κ1) is 17.3. The van der Waals surface area contributed by atoms with E-state index in [9.17, 15) is 23.2 Å². The van der Waals surface area contributed by atoms with Gasteiger partial charge in [-0.3, -0.25) is 9.59 Å². The van der Waals surface area contributed by atoms with Gasteiger partial charge in [-0.05, 0) is 18.6 Å².